The predicted molar refractivity (Wildman–Crippen MR) is 148 cm³/mol. The van der Waals surface area contributed by atoms with Gasteiger partial charge in [-0.1, -0.05) is 26.2 Å². The number of hydrogen-bond donors (Lipinski definition) is 3. The van der Waals surface area contributed by atoms with Crippen LogP contribution in [0.5, 0.6) is 5.75 Å². The molecule has 4 aliphatic rings. The van der Waals surface area contributed by atoms with Gasteiger partial charge in [-0.2, -0.15) is 0 Å². The summed E-state index contributed by atoms with van der Waals surface area (Å²) >= 11 is 1.67. The molecular weight excluding hydrogens is 502 g/mol. The fourth-order valence-electron chi connectivity index (χ4n) is 7.42. The average molecular weight is 544 g/mol. The highest BCUT2D eigenvalue weighted by atomic mass is 32.2. The minimum Gasteiger partial charge on any atom is -0.494 e. The zero-order chi connectivity index (χ0) is 27.1. The van der Waals surface area contributed by atoms with Crippen LogP contribution >= 0.6 is 11.8 Å². The Morgan fingerprint density at radius 3 is 2.47 bits per heavy atom. The van der Waals surface area contributed by atoms with E-state index in [0.717, 1.165) is 37.9 Å². The molecule has 9 heteroatoms. The van der Waals surface area contributed by atoms with Crippen molar-refractivity contribution in [3.05, 3.63) is 24.3 Å². The Hall–Kier alpha value is -2.26. The summed E-state index contributed by atoms with van der Waals surface area (Å²) in [6.45, 7) is 6.28. The van der Waals surface area contributed by atoms with Crippen LogP contribution in [-0.2, 0) is 14.4 Å². The maximum Gasteiger partial charge on any atom is 0.244 e. The monoisotopic (exact) mass is 543 g/mol. The normalized spacial score (nSPS) is 33.2. The highest BCUT2D eigenvalue weighted by Crippen LogP contribution is 2.71. The molecule has 4 fully saturated rings. The van der Waals surface area contributed by atoms with Crippen LogP contribution in [0.4, 0.5) is 5.69 Å². The first kappa shape index (κ1) is 27.3. The number of fused-ring (bicyclic) bond motifs is 1. The molecule has 1 aromatic carbocycles. The van der Waals surface area contributed by atoms with Crippen LogP contribution in [0.15, 0.2) is 24.3 Å². The van der Waals surface area contributed by atoms with E-state index in [2.05, 4.69) is 17.6 Å². The summed E-state index contributed by atoms with van der Waals surface area (Å²) in [6.07, 6.45) is 7.31. The molecular formula is C29H41N3O5S. The number of nitrogens with one attached hydrogen (secondary N) is 2. The summed E-state index contributed by atoms with van der Waals surface area (Å²) in [7, 11) is 0. The molecule has 2 bridgehead atoms. The van der Waals surface area contributed by atoms with Gasteiger partial charge in [-0.3, -0.25) is 14.4 Å². The van der Waals surface area contributed by atoms with Gasteiger partial charge in [-0.05, 0) is 70.2 Å². The molecule has 3 aliphatic heterocycles. The number of likely N-dealkylation sites (tertiary alicyclic amines) is 1. The zero-order valence-corrected chi connectivity index (χ0v) is 23.5. The van der Waals surface area contributed by atoms with E-state index in [9.17, 15) is 19.5 Å². The first-order valence-corrected chi connectivity index (χ1v) is 15.1. The number of amides is 3. The number of thioether (sulfide) groups is 1. The van der Waals surface area contributed by atoms with Crippen molar-refractivity contribution in [1.82, 2.24) is 10.2 Å². The lowest BCUT2D eigenvalue weighted by Crippen LogP contribution is -2.58. The summed E-state index contributed by atoms with van der Waals surface area (Å²) in [6, 6.07) is 6.24. The van der Waals surface area contributed by atoms with E-state index in [1.54, 1.807) is 16.7 Å². The molecule has 2 unspecified atom stereocenters. The van der Waals surface area contributed by atoms with Gasteiger partial charge in [0, 0.05) is 16.5 Å². The second kappa shape index (κ2) is 10.7. The number of aliphatic hydroxyl groups excluding tert-OH is 1. The number of nitrogens with zero attached hydrogens (tertiary/aromatic N) is 1. The molecule has 3 heterocycles. The summed E-state index contributed by atoms with van der Waals surface area (Å²) in [5.74, 6) is -0.908. The summed E-state index contributed by atoms with van der Waals surface area (Å²) in [5, 5.41) is 16.5. The molecule has 5 rings (SSSR count). The zero-order valence-electron chi connectivity index (χ0n) is 22.7. The Morgan fingerprint density at radius 1 is 1.13 bits per heavy atom. The fourth-order valence-corrected chi connectivity index (χ4v) is 9.76. The van der Waals surface area contributed by atoms with Gasteiger partial charge in [0.1, 0.15) is 11.8 Å². The molecule has 3 saturated heterocycles. The lowest BCUT2D eigenvalue weighted by molar-refractivity contribution is -0.142. The minimum absolute atomic E-state index is 0.121. The minimum atomic E-state index is -0.686. The van der Waals surface area contributed by atoms with Gasteiger partial charge in [-0.15, -0.1) is 11.8 Å². The number of rotatable bonds is 9. The van der Waals surface area contributed by atoms with E-state index in [4.69, 9.17) is 4.74 Å². The van der Waals surface area contributed by atoms with E-state index < -0.39 is 33.4 Å². The van der Waals surface area contributed by atoms with Crippen molar-refractivity contribution in [2.45, 2.75) is 99.8 Å². The van der Waals surface area contributed by atoms with E-state index in [1.807, 2.05) is 38.1 Å². The first-order chi connectivity index (χ1) is 18.3. The molecule has 1 saturated carbocycles. The largest absolute Gasteiger partial charge is 0.494 e. The Morgan fingerprint density at radius 2 is 1.84 bits per heavy atom. The second-order valence-electron chi connectivity index (χ2n) is 11.5. The van der Waals surface area contributed by atoms with Gasteiger partial charge in [0.05, 0.1) is 35.8 Å². The molecule has 3 amide bonds. The Labute approximate surface area is 229 Å². The van der Waals surface area contributed by atoms with Crippen molar-refractivity contribution in [3.63, 3.8) is 0 Å². The standard InChI is InChI=1S/C29H41N3O5S/c1-4-20(17-33)32-24(26(35)31-18-9-7-6-8-10-18)29-16-15-28(3,38-29)22(23(29)27(32)36)25(34)30-19-11-13-21(14-12-19)37-5-2/h11-14,18,20,22-24,33H,4-10,15-17H2,1-3H3,(H,30,34)(H,31,35)/t20-,22-,23-,24?,28+,29?/m0/s1. The van der Waals surface area contributed by atoms with Crippen molar-refractivity contribution >= 4 is 35.2 Å². The lowest BCUT2D eigenvalue weighted by Gasteiger charge is -2.38. The molecule has 3 N–H and O–H groups in total. The van der Waals surface area contributed by atoms with Gasteiger partial charge in [-0.25, -0.2) is 0 Å². The van der Waals surface area contributed by atoms with Crippen molar-refractivity contribution in [3.8, 4) is 5.75 Å². The van der Waals surface area contributed by atoms with Crippen LogP contribution in [0.3, 0.4) is 0 Å². The van der Waals surface area contributed by atoms with Crippen LogP contribution < -0.4 is 15.4 Å². The van der Waals surface area contributed by atoms with Crippen LogP contribution in [0.25, 0.3) is 0 Å². The number of hydrogen-bond acceptors (Lipinski definition) is 6. The molecule has 1 spiro atoms. The van der Waals surface area contributed by atoms with E-state index in [1.165, 1.54) is 6.42 Å². The SMILES string of the molecule is CCOc1ccc(NC(=O)[C@@H]2[C@H]3C(=O)N([C@@H](CC)CO)C(C(=O)NC4CCCCC4)C34CC[C@@]2(C)S4)cc1. The van der Waals surface area contributed by atoms with Crippen LogP contribution in [0.2, 0.25) is 0 Å². The van der Waals surface area contributed by atoms with Gasteiger partial charge >= 0.3 is 0 Å². The summed E-state index contributed by atoms with van der Waals surface area (Å²) in [4.78, 5) is 43.7. The lowest BCUT2D eigenvalue weighted by atomic mass is 9.66. The highest BCUT2D eigenvalue weighted by Gasteiger charge is 2.77. The number of ether oxygens (including phenoxy) is 1. The number of carbonyl (C=O) groups is 3. The van der Waals surface area contributed by atoms with E-state index in [-0.39, 0.29) is 30.4 Å². The van der Waals surface area contributed by atoms with Gasteiger partial charge in [0.2, 0.25) is 17.7 Å². The average Bonchev–Trinajstić information content (AvgIpc) is 3.48. The third kappa shape index (κ3) is 4.49. The third-order valence-electron chi connectivity index (χ3n) is 9.21. The summed E-state index contributed by atoms with van der Waals surface area (Å²) in [5.41, 5.74) is 0.652. The number of carbonyl (C=O) groups excluding carboxylic acids is 3. The van der Waals surface area contributed by atoms with E-state index in [0.29, 0.717) is 25.1 Å². The summed E-state index contributed by atoms with van der Waals surface area (Å²) < 4.78 is 4.40. The maximum atomic E-state index is 14.2. The van der Waals surface area contributed by atoms with Crippen molar-refractivity contribution in [1.29, 1.82) is 0 Å². The molecule has 8 nitrogen and oxygen atoms in total. The number of anilines is 1. The van der Waals surface area contributed by atoms with Crippen LogP contribution in [0, 0.1) is 11.8 Å². The molecule has 208 valence electrons. The predicted octanol–water partition coefficient (Wildman–Crippen LogP) is 3.72. The molecule has 0 radical (unpaired) electrons. The van der Waals surface area contributed by atoms with Gasteiger partial charge < -0.3 is 25.4 Å². The third-order valence-corrected chi connectivity index (χ3v) is 11.2. The van der Waals surface area contributed by atoms with Gasteiger partial charge in [0.15, 0.2) is 0 Å². The molecule has 38 heavy (non-hydrogen) atoms. The van der Waals surface area contributed by atoms with Crippen molar-refractivity contribution in [2.24, 2.45) is 11.8 Å². The van der Waals surface area contributed by atoms with E-state index >= 15 is 0 Å². The quantitative estimate of drug-likeness (QED) is 0.438. The Kier molecular flexibility index (Phi) is 7.70. The topological polar surface area (TPSA) is 108 Å². The van der Waals surface area contributed by atoms with Crippen LogP contribution in [-0.4, -0.2) is 68.6 Å². The fraction of sp³-hybridized carbons (Fsp3) is 0.690. The number of aliphatic hydroxyl groups is 1. The van der Waals surface area contributed by atoms with Crippen molar-refractivity contribution in [2.75, 3.05) is 18.5 Å². The molecule has 6 atom stereocenters. The second-order valence-corrected chi connectivity index (χ2v) is 13.4. The smallest absolute Gasteiger partial charge is 0.244 e. The van der Waals surface area contributed by atoms with Crippen LogP contribution in [0.1, 0.15) is 72.1 Å². The Balaban J connectivity index is 1.45. The first-order valence-electron chi connectivity index (χ1n) is 14.2. The maximum absolute atomic E-state index is 14.2. The van der Waals surface area contributed by atoms with Gasteiger partial charge in [0.25, 0.3) is 0 Å². The molecule has 1 aromatic rings. The molecule has 1 aliphatic carbocycles. The molecule has 0 aromatic heterocycles. The number of benzene rings is 1. The Bertz CT molecular complexity index is 1060. The highest BCUT2D eigenvalue weighted by molar-refractivity contribution is 8.02. The van der Waals surface area contributed by atoms with Crippen molar-refractivity contribution < 1.29 is 24.2 Å².